The zero-order chi connectivity index (χ0) is 26.9. The number of carboxylic acid groups (broad SMARTS) is 1. The van der Waals surface area contributed by atoms with Crippen molar-refractivity contribution in [3.05, 3.63) is 102 Å². The topological polar surface area (TPSA) is 107 Å². The van der Waals surface area contributed by atoms with Crippen molar-refractivity contribution in [3.8, 4) is 0 Å². The minimum absolute atomic E-state index is 0.131. The van der Waals surface area contributed by atoms with Crippen LogP contribution in [-0.2, 0) is 20.8 Å². The molecule has 0 saturated carbocycles. The Morgan fingerprint density at radius 3 is 2.11 bits per heavy atom. The van der Waals surface area contributed by atoms with Crippen molar-refractivity contribution in [2.24, 2.45) is 0 Å². The van der Waals surface area contributed by atoms with E-state index in [9.17, 15) is 24.3 Å². The standard InChI is InChI=1S/C30H31N3O5/c34-27(25(19-22-11-4-1-5-12-22)31-29(36)23-13-6-2-7-14-23)20-32(24-15-8-3-9-16-24)21-28(35)33-18-10-17-26(33)30(37)38/h1-9,11-16,25-26H,10,17-21H2,(H,31,36)(H,37,38)/t25?,26-/m0/s1. The Morgan fingerprint density at radius 2 is 1.47 bits per heavy atom. The number of ketones is 1. The van der Waals surface area contributed by atoms with E-state index in [4.69, 9.17) is 0 Å². The number of carboxylic acids is 1. The molecule has 1 unspecified atom stereocenters. The third-order valence-corrected chi connectivity index (χ3v) is 6.66. The largest absolute Gasteiger partial charge is 0.480 e. The molecule has 8 heteroatoms. The van der Waals surface area contributed by atoms with Gasteiger partial charge in [0.25, 0.3) is 5.91 Å². The van der Waals surface area contributed by atoms with Crippen molar-refractivity contribution in [1.29, 1.82) is 0 Å². The van der Waals surface area contributed by atoms with Crippen LogP contribution in [0.1, 0.15) is 28.8 Å². The number of nitrogens with zero attached hydrogens (tertiary/aromatic N) is 2. The van der Waals surface area contributed by atoms with Crippen molar-refractivity contribution in [2.45, 2.75) is 31.3 Å². The minimum atomic E-state index is -1.02. The van der Waals surface area contributed by atoms with Gasteiger partial charge >= 0.3 is 5.97 Å². The van der Waals surface area contributed by atoms with Crippen molar-refractivity contribution < 1.29 is 24.3 Å². The summed E-state index contributed by atoms with van der Waals surface area (Å²) in [5.74, 6) is -1.99. The molecule has 38 heavy (non-hydrogen) atoms. The van der Waals surface area contributed by atoms with Crippen molar-refractivity contribution in [2.75, 3.05) is 24.5 Å². The second-order valence-electron chi connectivity index (χ2n) is 9.32. The molecule has 1 fully saturated rings. The van der Waals surface area contributed by atoms with E-state index < -0.39 is 18.1 Å². The number of benzene rings is 3. The summed E-state index contributed by atoms with van der Waals surface area (Å²) in [7, 11) is 0. The second-order valence-corrected chi connectivity index (χ2v) is 9.32. The van der Waals surface area contributed by atoms with Crippen LogP contribution in [-0.4, -0.2) is 65.3 Å². The number of hydrogen-bond donors (Lipinski definition) is 2. The SMILES string of the molecule is O=C(NC(Cc1ccccc1)C(=O)CN(CC(=O)N1CCC[C@H]1C(=O)O)c1ccccc1)c1ccccc1. The molecular formula is C30H31N3O5. The monoisotopic (exact) mass is 513 g/mol. The molecule has 0 spiro atoms. The molecular weight excluding hydrogens is 482 g/mol. The number of para-hydroxylation sites is 1. The lowest BCUT2D eigenvalue weighted by molar-refractivity contribution is -0.147. The number of aliphatic carboxylic acids is 1. The molecule has 1 aliphatic rings. The van der Waals surface area contributed by atoms with E-state index in [1.165, 1.54) is 4.90 Å². The van der Waals surface area contributed by atoms with Crippen molar-refractivity contribution in [3.63, 3.8) is 0 Å². The Hall–Kier alpha value is -4.46. The first-order valence-electron chi connectivity index (χ1n) is 12.7. The molecule has 1 heterocycles. The normalized spacial score (nSPS) is 15.5. The quantitative estimate of drug-likeness (QED) is 0.408. The van der Waals surface area contributed by atoms with E-state index in [1.54, 1.807) is 41.3 Å². The summed E-state index contributed by atoms with van der Waals surface area (Å²) in [5, 5.41) is 12.4. The lowest BCUT2D eigenvalue weighted by Gasteiger charge is -2.29. The predicted molar refractivity (Wildman–Crippen MR) is 144 cm³/mol. The summed E-state index contributed by atoms with van der Waals surface area (Å²) in [6.07, 6.45) is 1.33. The van der Waals surface area contributed by atoms with Crippen LogP contribution in [0.5, 0.6) is 0 Å². The molecule has 2 amide bonds. The van der Waals surface area contributed by atoms with Crippen LogP contribution in [0.3, 0.4) is 0 Å². The number of Topliss-reactive ketones (excluding diaryl/α,β-unsaturated/α-hetero) is 1. The van der Waals surface area contributed by atoms with Crippen LogP contribution in [0, 0.1) is 0 Å². The fraction of sp³-hybridized carbons (Fsp3) is 0.267. The van der Waals surface area contributed by atoms with Crippen LogP contribution in [0.15, 0.2) is 91.0 Å². The van der Waals surface area contributed by atoms with E-state index >= 15 is 0 Å². The fourth-order valence-electron chi connectivity index (χ4n) is 4.68. The highest BCUT2D eigenvalue weighted by molar-refractivity contribution is 5.99. The number of hydrogen-bond acceptors (Lipinski definition) is 5. The summed E-state index contributed by atoms with van der Waals surface area (Å²) >= 11 is 0. The van der Waals surface area contributed by atoms with Crippen LogP contribution < -0.4 is 10.2 Å². The summed E-state index contributed by atoms with van der Waals surface area (Å²) in [4.78, 5) is 54.5. The Labute approximate surface area is 221 Å². The maximum absolute atomic E-state index is 13.7. The third-order valence-electron chi connectivity index (χ3n) is 6.66. The van der Waals surface area contributed by atoms with E-state index in [1.807, 2.05) is 54.6 Å². The molecule has 196 valence electrons. The van der Waals surface area contributed by atoms with Gasteiger partial charge in [-0.1, -0.05) is 66.7 Å². The van der Waals surface area contributed by atoms with Gasteiger partial charge in [-0.15, -0.1) is 0 Å². The zero-order valence-electron chi connectivity index (χ0n) is 21.0. The van der Waals surface area contributed by atoms with Gasteiger partial charge < -0.3 is 20.2 Å². The highest BCUT2D eigenvalue weighted by atomic mass is 16.4. The predicted octanol–water partition coefficient (Wildman–Crippen LogP) is 3.18. The Kier molecular flexibility index (Phi) is 8.87. The van der Waals surface area contributed by atoms with Gasteiger partial charge in [-0.3, -0.25) is 14.4 Å². The first kappa shape index (κ1) is 26.6. The molecule has 0 radical (unpaired) electrons. The molecule has 1 aliphatic heterocycles. The van der Waals surface area contributed by atoms with E-state index in [-0.39, 0.29) is 30.7 Å². The van der Waals surface area contributed by atoms with Gasteiger partial charge in [0.2, 0.25) is 5.91 Å². The van der Waals surface area contributed by atoms with E-state index in [0.29, 0.717) is 37.1 Å². The molecule has 3 aromatic carbocycles. The molecule has 8 nitrogen and oxygen atoms in total. The molecule has 0 aliphatic carbocycles. The van der Waals surface area contributed by atoms with Gasteiger partial charge in [0.1, 0.15) is 6.04 Å². The molecule has 2 atom stereocenters. The smallest absolute Gasteiger partial charge is 0.326 e. The number of anilines is 1. The highest BCUT2D eigenvalue weighted by Crippen LogP contribution is 2.20. The number of carbonyl (C=O) groups is 4. The van der Waals surface area contributed by atoms with Crippen molar-refractivity contribution in [1.82, 2.24) is 10.2 Å². The van der Waals surface area contributed by atoms with Crippen LogP contribution in [0.4, 0.5) is 5.69 Å². The molecule has 4 rings (SSSR count). The van der Waals surface area contributed by atoms with Crippen LogP contribution >= 0.6 is 0 Å². The van der Waals surface area contributed by atoms with E-state index in [2.05, 4.69) is 5.32 Å². The minimum Gasteiger partial charge on any atom is -0.480 e. The van der Waals surface area contributed by atoms with E-state index in [0.717, 1.165) is 5.56 Å². The highest BCUT2D eigenvalue weighted by Gasteiger charge is 2.35. The number of carbonyl (C=O) groups excluding carboxylic acids is 3. The van der Waals surface area contributed by atoms with Gasteiger partial charge in [0.05, 0.1) is 19.1 Å². The summed E-state index contributed by atoms with van der Waals surface area (Å²) in [6, 6.07) is 25.5. The van der Waals surface area contributed by atoms with Gasteiger partial charge in [-0.2, -0.15) is 0 Å². The number of amides is 2. The maximum atomic E-state index is 13.7. The molecule has 1 saturated heterocycles. The van der Waals surface area contributed by atoms with Crippen molar-refractivity contribution >= 4 is 29.3 Å². The number of likely N-dealkylation sites (tertiary alicyclic amines) is 1. The summed E-state index contributed by atoms with van der Waals surface area (Å²) < 4.78 is 0. The van der Waals surface area contributed by atoms with Gasteiger partial charge in [0, 0.05) is 17.8 Å². The summed E-state index contributed by atoms with van der Waals surface area (Å²) in [5.41, 5.74) is 2.00. The second kappa shape index (κ2) is 12.7. The molecule has 0 bridgehead atoms. The molecule has 2 N–H and O–H groups in total. The van der Waals surface area contributed by atoms with Crippen LogP contribution in [0.2, 0.25) is 0 Å². The lowest BCUT2D eigenvalue weighted by atomic mass is 10.0. The number of nitrogens with one attached hydrogen (secondary N) is 1. The number of rotatable bonds is 11. The fourth-order valence-corrected chi connectivity index (χ4v) is 4.68. The van der Waals surface area contributed by atoms with Gasteiger partial charge in [-0.25, -0.2) is 4.79 Å². The van der Waals surface area contributed by atoms with Gasteiger partial charge in [0.15, 0.2) is 5.78 Å². The molecule has 0 aromatic heterocycles. The van der Waals surface area contributed by atoms with Gasteiger partial charge in [-0.05, 0) is 49.1 Å². The molecule has 3 aromatic rings. The third kappa shape index (κ3) is 6.85. The summed E-state index contributed by atoms with van der Waals surface area (Å²) in [6.45, 7) is 0.0915. The van der Waals surface area contributed by atoms with Crippen LogP contribution in [0.25, 0.3) is 0 Å². The Bertz CT molecular complexity index is 1250. The Morgan fingerprint density at radius 1 is 0.868 bits per heavy atom. The average Bonchev–Trinajstić information content (AvgIpc) is 3.45. The first-order chi connectivity index (χ1) is 18.4. The average molecular weight is 514 g/mol. The zero-order valence-corrected chi connectivity index (χ0v) is 21.0. The lowest BCUT2D eigenvalue weighted by Crippen LogP contribution is -2.50. The maximum Gasteiger partial charge on any atom is 0.326 e. The first-order valence-corrected chi connectivity index (χ1v) is 12.7. The Balaban J connectivity index is 1.55.